The van der Waals surface area contributed by atoms with Gasteiger partial charge in [0.2, 0.25) is 5.82 Å². The van der Waals surface area contributed by atoms with Gasteiger partial charge in [-0.1, -0.05) is 30.3 Å². The number of aromatic nitrogens is 4. The zero-order chi connectivity index (χ0) is 11.2. The average Bonchev–Trinajstić information content (AvgIpc) is 2.38. The van der Waals surface area contributed by atoms with Crippen molar-refractivity contribution in [3.63, 3.8) is 0 Å². The highest BCUT2D eigenvalue weighted by molar-refractivity contribution is 5.52. The van der Waals surface area contributed by atoms with E-state index in [0.717, 1.165) is 5.56 Å². The van der Waals surface area contributed by atoms with Crippen molar-refractivity contribution >= 4 is 0 Å². The van der Waals surface area contributed by atoms with Crippen molar-refractivity contribution in [1.29, 1.82) is 0 Å². The Kier molecular flexibility index (Phi) is 3.48. The van der Waals surface area contributed by atoms with Gasteiger partial charge in [0.05, 0.1) is 6.67 Å². The first-order chi connectivity index (χ1) is 7.90. The Morgan fingerprint density at radius 2 is 1.62 bits per heavy atom. The lowest BCUT2D eigenvalue weighted by Gasteiger charge is -1.98. The summed E-state index contributed by atoms with van der Waals surface area (Å²) in [6, 6.07) is 9.49. The maximum Gasteiger partial charge on any atom is 0.203 e. The zero-order valence-corrected chi connectivity index (χ0v) is 8.67. The average molecular weight is 218 g/mol. The van der Waals surface area contributed by atoms with E-state index in [2.05, 4.69) is 20.4 Å². The molecule has 0 fully saturated rings. The number of hydrogen-bond acceptors (Lipinski definition) is 4. The maximum absolute atomic E-state index is 11.9. The van der Waals surface area contributed by atoms with Crippen LogP contribution in [0.2, 0.25) is 0 Å². The van der Waals surface area contributed by atoms with E-state index < -0.39 is 0 Å². The molecule has 16 heavy (non-hydrogen) atoms. The largest absolute Gasteiger partial charge is 0.251 e. The summed E-state index contributed by atoms with van der Waals surface area (Å²) in [6.45, 7) is -0.371. The van der Waals surface area contributed by atoms with E-state index in [1.165, 1.54) is 0 Å². The van der Waals surface area contributed by atoms with E-state index in [0.29, 0.717) is 24.5 Å². The van der Waals surface area contributed by atoms with Crippen molar-refractivity contribution < 1.29 is 4.39 Å². The molecule has 0 aliphatic carbocycles. The van der Waals surface area contributed by atoms with Crippen LogP contribution in [0, 0.1) is 0 Å². The summed E-state index contributed by atoms with van der Waals surface area (Å²) in [5.41, 5.74) is 0.875. The van der Waals surface area contributed by atoms with Gasteiger partial charge < -0.3 is 0 Å². The lowest BCUT2D eigenvalue weighted by molar-refractivity contribution is 0.467. The third-order valence-electron chi connectivity index (χ3n) is 2.09. The first kappa shape index (κ1) is 10.6. The van der Waals surface area contributed by atoms with E-state index in [9.17, 15) is 4.39 Å². The quantitative estimate of drug-likeness (QED) is 0.785. The molecule has 1 aromatic carbocycles. The molecule has 0 saturated heterocycles. The fraction of sp³-hybridized carbons (Fsp3) is 0.273. The smallest absolute Gasteiger partial charge is 0.203 e. The number of halogens is 1. The number of rotatable bonds is 4. The third kappa shape index (κ3) is 2.56. The second-order valence-corrected chi connectivity index (χ2v) is 3.30. The summed E-state index contributed by atoms with van der Waals surface area (Å²) in [7, 11) is 0. The standard InChI is InChI=1S/C11H11FN4/c12-8-4-7-10-13-15-11(16-14-10)9-5-2-1-3-6-9/h1-3,5-6H,4,7-8H2. The summed E-state index contributed by atoms with van der Waals surface area (Å²) in [6.07, 6.45) is 0.889. The molecule has 0 unspecified atom stereocenters. The molecule has 82 valence electrons. The van der Waals surface area contributed by atoms with Crippen molar-refractivity contribution in [2.24, 2.45) is 0 Å². The third-order valence-corrected chi connectivity index (χ3v) is 2.09. The van der Waals surface area contributed by atoms with E-state index in [-0.39, 0.29) is 6.67 Å². The molecule has 1 aromatic heterocycles. The highest BCUT2D eigenvalue weighted by atomic mass is 19.1. The molecule has 2 rings (SSSR count). The van der Waals surface area contributed by atoms with Crippen LogP contribution in [0.15, 0.2) is 30.3 Å². The van der Waals surface area contributed by atoms with Gasteiger partial charge in [-0.15, -0.1) is 20.4 Å². The van der Waals surface area contributed by atoms with Crippen LogP contribution < -0.4 is 0 Å². The first-order valence-corrected chi connectivity index (χ1v) is 5.08. The van der Waals surface area contributed by atoms with Gasteiger partial charge in [0.1, 0.15) is 0 Å². The number of benzene rings is 1. The molecule has 0 spiro atoms. The lowest BCUT2D eigenvalue weighted by Crippen LogP contribution is -2.03. The normalized spacial score (nSPS) is 10.3. The second-order valence-electron chi connectivity index (χ2n) is 3.30. The van der Waals surface area contributed by atoms with Crippen LogP contribution in [0.25, 0.3) is 11.4 Å². The molecule has 5 heteroatoms. The van der Waals surface area contributed by atoms with Gasteiger partial charge in [0.25, 0.3) is 0 Å². The predicted molar refractivity (Wildman–Crippen MR) is 57.4 cm³/mol. The number of aryl methyl sites for hydroxylation is 1. The van der Waals surface area contributed by atoms with Gasteiger partial charge in [0, 0.05) is 12.0 Å². The minimum atomic E-state index is -0.371. The van der Waals surface area contributed by atoms with Crippen molar-refractivity contribution in [2.45, 2.75) is 12.8 Å². The number of hydrogen-bond donors (Lipinski definition) is 0. The molecule has 0 aliphatic heterocycles. The molecule has 0 atom stereocenters. The van der Waals surface area contributed by atoms with Gasteiger partial charge in [-0.2, -0.15) is 0 Å². The van der Waals surface area contributed by atoms with Crippen LogP contribution in [0.1, 0.15) is 12.2 Å². The second kappa shape index (κ2) is 5.25. The van der Waals surface area contributed by atoms with E-state index in [1.54, 1.807) is 0 Å². The SMILES string of the molecule is FCCCc1nnc(-c2ccccc2)nn1. The zero-order valence-electron chi connectivity index (χ0n) is 8.67. The Labute approximate surface area is 92.6 Å². The van der Waals surface area contributed by atoms with E-state index in [4.69, 9.17) is 0 Å². The topological polar surface area (TPSA) is 51.6 Å². The highest BCUT2D eigenvalue weighted by Gasteiger charge is 2.03. The minimum Gasteiger partial charge on any atom is -0.251 e. The predicted octanol–water partition coefficient (Wildman–Crippen LogP) is 1.84. The molecule has 0 amide bonds. The number of nitrogens with zero attached hydrogens (tertiary/aromatic N) is 4. The molecule has 0 N–H and O–H groups in total. The van der Waals surface area contributed by atoms with Gasteiger partial charge in [-0.05, 0) is 6.42 Å². The van der Waals surface area contributed by atoms with Crippen molar-refractivity contribution in [2.75, 3.05) is 6.67 Å². The summed E-state index contributed by atoms with van der Waals surface area (Å²) >= 11 is 0. The van der Waals surface area contributed by atoms with Gasteiger partial charge in [0.15, 0.2) is 5.82 Å². The van der Waals surface area contributed by atoms with Crippen LogP contribution in [0.3, 0.4) is 0 Å². The summed E-state index contributed by atoms with van der Waals surface area (Å²) in [4.78, 5) is 0. The van der Waals surface area contributed by atoms with Crippen molar-refractivity contribution in [3.05, 3.63) is 36.2 Å². The van der Waals surface area contributed by atoms with E-state index in [1.807, 2.05) is 30.3 Å². The number of alkyl halides is 1. The molecular weight excluding hydrogens is 207 g/mol. The summed E-state index contributed by atoms with van der Waals surface area (Å²) in [5, 5.41) is 15.7. The molecule has 0 aliphatic rings. The fourth-order valence-corrected chi connectivity index (χ4v) is 1.28. The summed E-state index contributed by atoms with van der Waals surface area (Å²) < 4.78 is 11.9. The summed E-state index contributed by atoms with van der Waals surface area (Å²) in [5.74, 6) is 0.974. The van der Waals surface area contributed by atoms with Crippen LogP contribution in [-0.4, -0.2) is 27.1 Å². The molecular formula is C11H11FN4. The molecule has 0 bridgehead atoms. The van der Waals surface area contributed by atoms with Crippen LogP contribution in [0.4, 0.5) is 4.39 Å². The van der Waals surface area contributed by atoms with E-state index >= 15 is 0 Å². The molecule has 1 heterocycles. The van der Waals surface area contributed by atoms with Gasteiger partial charge >= 0.3 is 0 Å². The highest BCUT2D eigenvalue weighted by Crippen LogP contribution is 2.11. The van der Waals surface area contributed by atoms with Crippen molar-refractivity contribution in [3.8, 4) is 11.4 Å². The Hall–Kier alpha value is -1.91. The first-order valence-electron chi connectivity index (χ1n) is 5.08. The van der Waals surface area contributed by atoms with Crippen LogP contribution in [0.5, 0.6) is 0 Å². The lowest BCUT2D eigenvalue weighted by atomic mass is 10.2. The monoisotopic (exact) mass is 218 g/mol. The Morgan fingerprint density at radius 1 is 0.938 bits per heavy atom. The Balaban J connectivity index is 2.13. The molecule has 0 saturated carbocycles. The molecule has 4 nitrogen and oxygen atoms in total. The minimum absolute atomic E-state index is 0.371. The Bertz CT molecular complexity index is 429. The van der Waals surface area contributed by atoms with Crippen LogP contribution >= 0.6 is 0 Å². The fourth-order valence-electron chi connectivity index (χ4n) is 1.28. The molecule has 2 aromatic rings. The van der Waals surface area contributed by atoms with Gasteiger partial charge in [-0.25, -0.2) is 0 Å². The van der Waals surface area contributed by atoms with Crippen molar-refractivity contribution in [1.82, 2.24) is 20.4 Å². The van der Waals surface area contributed by atoms with Gasteiger partial charge in [-0.3, -0.25) is 4.39 Å². The Morgan fingerprint density at radius 3 is 2.25 bits per heavy atom. The maximum atomic E-state index is 11.9. The van der Waals surface area contributed by atoms with Crippen LogP contribution in [-0.2, 0) is 6.42 Å². The molecule has 0 radical (unpaired) electrons.